The fourth-order valence-electron chi connectivity index (χ4n) is 0.330. The fraction of sp³-hybridized carbons (Fsp3) is 0.333. The SMILES string of the molecule is CCOC(O)=C(C#N)C#N. The van der Waals surface area contributed by atoms with Crippen LogP contribution in [-0.4, -0.2) is 11.7 Å². The quantitative estimate of drug-likeness (QED) is 0.453. The maximum absolute atomic E-state index is 8.72. The van der Waals surface area contributed by atoms with Crippen LogP contribution >= 0.6 is 0 Å². The molecule has 0 fully saturated rings. The van der Waals surface area contributed by atoms with Crippen LogP contribution < -0.4 is 0 Å². The molecule has 0 aromatic rings. The Balaban J connectivity index is 4.36. The second kappa shape index (κ2) is 4.22. The number of aliphatic hydroxyl groups is 1. The number of ether oxygens (including phenoxy) is 1. The first kappa shape index (κ1) is 8.32. The van der Waals surface area contributed by atoms with Gasteiger partial charge in [0.15, 0.2) is 0 Å². The molecule has 0 atom stereocenters. The molecule has 0 saturated carbocycles. The number of aliphatic hydroxyl groups excluding tert-OH is 1. The Morgan fingerprint density at radius 3 is 2.30 bits per heavy atom. The van der Waals surface area contributed by atoms with Crippen LogP contribution in [-0.2, 0) is 4.74 Å². The first-order chi connectivity index (χ1) is 4.76. The summed E-state index contributed by atoms with van der Waals surface area (Å²) in [4.78, 5) is 0. The summed E-state index contributed by atoms with van der Waals surface area (Å²) in [5, 5.41) is 25.0. The molecule has 0 aliphatic rings. The summed E-state index contributed by atoms with van der Waals surface area (Å²) in [5.41, 5.74) is -0.401. The fourth-order valence-corrected chi connectivity index (χ4v) is 0.330. The highest BCUT2D eigenvalue weighted by Crippen LogP contribution is 1.99. The zero-order chi connectivity index (χ0) is 7.98. The van der Waals surface area contributed by atoms with Gasteiger partial charge in [-0.15, -0.1) is 0 Å². The second-order valence-corrected chi connectivity index (χ2v) is 1.34. The Hall–Kier alpha value is -1.68. The summed E-state index contributed by atoms with van der Waals surface area (Å²) >= 11 is 0. The molecule has 0 amide bonds. The molecule has 0 saturated heterocycles. The third-order valence-electron chi connectivity index (χ3n) is 0.719. The van der Waals surface area contributed by atoms with Gasteiger partial charge in [0.2, 0.25) is 5.57 Å². The van der Waals surface area contributed by atoms with Crippen molar-refractivity contribution in [1.29, 1.82) is 10.5 Å². The van der Waals surface area contributed by atoms with E-state index in [1.807, 2.05) is 0 Å². The molecule has 0 heterocycles. The van der Waals surface area contributed by atoms with Crippen molar-refractivity contribution in [2.75, 3.05) is 6.61 Å². The molecular weight excluding hydrogens is 132 g/mol. The highest BCUT2D eigenvalue weighted by atomic mass is 16.6. The van der Waals surface area contributed by atoms with Gasteiger partial charge >= 0.3 is 5.95 Å². The zero-order valence-electron chi connectivity index (χ0n) is 5.46. The van der Waals surface area contributed by atoms with E-state index in [0.717, 1.165) is 0 Å². The maximum atomic E-state index is 8.72. The molecule has 0 aliphatic carbocycles. The van der Waals surface area contributed by atoms with Crippen LogP contribution in [0.4, 0.5) is 0 Å². The van der Waals surface area contributed by atoms with E-state index >= 15 is 0 Å². The van der Waals surface area contributed by atoms with E-state index in [0.29, 0.717) is 0 Å². The third kappa shape index (κ3) is 2.06. The van der Waals surface area contributed by atoms with Crippen LogP contribution in [0.3, 0.4) is 0 Å². The smallest absolute Gasteiger partial charge is 0.306 e. The predicted octanol–water partition coefficient (Wildman–Crippen LogP) is 0.840. The minimum Gasteiger partial charge on any atom is -0.479 e. The van der Waals surface area contributed by atoms with E-state index in [4.69, 9.17) is 15.6 Å². The molecule has 4 heteroatoms. The molecule has 1 N–H and O–H groups in total. The van der Waals surface area contributed by atoms with Crippen molar-refractivity contribution in [2.45, 2.75) is 6.92 Å². The Morgan fingerprint density at radius 1 is 1.50 bits per heavy atom. The number of hydrogen-bond donors (Lipinski definition) is 1. The van der Waals surface area contributed by atoms with Gasteiger partial charge in [0, 0.05) is 0 Å². The van der Waals surface area contributed by atoms with Crippen molar-refractivity contribution >= 4 is 0 Å². The van der Waals surface area contributed by atoms with Crippen LogP contribution in [0, 0.1) is 22.7 Å². The summed E-state index contributed by atoms with van der Waals surface area (Å²) in [6, 6.07) is 2.96. The summed E-state index contributed by atoms with van der Waals surface area (Å²) in [7, 11) is 0. The molecule has 0 bridgehead atoms. The first-order valence-electron chi connectivity index (χ1n) is 2.62. The Bertz CT molecular complexity index is 203. The highest BCUT2D eigenvalue weighted by molar-refractivity contribution is 5.35. The lowest BCUT2D eigenvalue weighted by molar-refractivity contribution is 0.101. The van der Waals surface area contributed by atoms with Crippen molar-refractivity contribution in [1.82, 2.24) is 0 Å². The minimum absolute atomic E-state index is 0.235. The molecule has 0 rings (SSSR count). The monoisotopic (exact) mass is 138 g/mol. The molecule has 52 valence electrons. The van der Waals surface area contributed by atoms with Crippen LogP contribution in [0.2, 0.25) is 0 Å². The van der Waals surface area contributed by atoms with Gasteiger partial charge in [-0.05, 0) is 6.92 Å². The van der Waals surface area contributed by atoms with Gasteiger partial charge in [-0.25, -0.2) is 0 Å². The van der Waals surface area contributed by atoms with E-state index in [2.05, 4.69) is 4.74 Å². The van der Waals surface area contributed by atoms with Crippen LogP contribution in [0.1, 0.15) is 6.92 Å². The Kier molecular flexibility index (Phi) is 3.51. The molecule has 0 aromatic carbocycles. The number of rotatable bonds is 2. The molecular formula is C6H6N2O2. The zero-order valence-corrected chi connectivity index (χ0v) is 5.46. The lowest BCUT2D eigenvalue weighted by atomic mass is 10.3. The molecule has 0 unspecified atom stereocenters. The van der Waals surface area contributed by atoms with Crippen molar-refractivity contribution in [3.63, 3.8) is 0 Å². The number of hydrogen-bond acceptors (Lipinski definition) is 4. The molecule has 0 spiro atoms. The van der Waals surface area contributed by atoms with Gasteiger partial charge in [-0.2, -0.15) is 10.5 Å². The molecule has 0 aromatic heterocycles. The van der Waals surface area contributed by atoms with E-state index in [1.54, 1.807) is 6.92 Å². The molecule has 4 nitrogen and oxygen atoms in total. The largest absolute Gasteiger partial charge is 0.479 e. The summed E-state index contributed by atoms with van der Waals surface area (Å²) in [6.07, 6.45) is 0. The lowest BCUT2D eigenvalue weighted by Gasteiger charge is -1.97. The second-order valence-electron chi connectivity index (χ2n) is 1.34. The van der Waals surface area contributed by atoms with Crippen LogP contribution in [0.15, 0.2) is 11.5 Å². The third-order valence-corrected chi connectivity index (χ3v) is 0.719. The summed E-state index contributed by atoms with van der Waals surface area (Å²) in [5.74, 6) is -0.604. The van der Waals surface area contributed by atoms with Gasteiger partial charge < -0.3 is 9.84 Å². The van der Waals surface area contributed by atoms with Gasteiger partial charge in [0.25, 0.3) is 0 Å². The van der Waals surface area contributed by atoms with Crippen molar-refractivity contribution in [3.05, 3.63) is 11.5 Å². The average molecular weight is 138 g/mol. The van der Waals surface area contributed by atoms with Crippen molar-refractivity contribution in [2.24, 2.45) is 0 Å². The standard InChI is InChI=1S/C6H6N2O2/c1-2-10-6(9)5(3-7)4-8/h9H,2H2,1H3. The maximum Gasteiger partial charge on any atom is 0.306 e. The van der Waals surface area contributed by atoms with Crippen molar-refractivity contribution in [3.8, 4) is 12.1 Å². The minimum atomic E-state index is -0.604. The van der Waals surface area contributed by atoms with E-state index < -0.39 is 11.5 Å². The normalized spacial score (nSPS) is 7.10. The number of nitriles is 2. The Morgan fingerprint density at radius 2 is 2.00 bits per heavy atom. The van der Waals surface area contributed by atoms with Gasteiger partial charge in [-0.3, -0.25) is 0 Å². The summed E-state index contributed by atoms with van der Waals surface area (Å²) in [6.45, 7) is 1.88. The van der Waals surface area contributed by atoms with Gasteiger partial charge in [0.05, 0.1) is 6.61 Å². The van der Waals surface area contributed by atoms with Crippen LogP contribution in [0.5, 0.6) is 0 Å². The predicted molar refractivity (Wildman–Crippen MR) is 32.5 cm³/mol. The van der Waals surface area contributed by atoms with Gasteiger partial charge in [-0.1, -0.05) is 0 Å². The van der Waals surface area contributed by atoms with E-state index in [1.165, 1.54) is 12.1 Å². The Labute approximate surface area is 58.6 Å². The average Bonchev–Trinajstić information content (AvgIpc) is 1.91. The topological polar surface area (TPSA) is 77.0 Å². The first-order valence-corrected chi connectivity index (χ1v) is 2.62. The van der Waals surface area contributed by atoms with E-state index in [-0.39, 0.29) is 6.61 Å². The van der Waals surface area contributed by atoms with E-state index in [9.17, 15) is 0 Å². The number of allylic oxidation sites excluding steroid dienone is 1. The highest BCUT2D eigenvalue weighted by Gasteiger charge is 2.02. The van der Waals surface area contributed by atoms with Crippen LogP contribution in [0.25, 0.3) is 0 Å². The molecule has 0 aliphatic heterocycles. The van der Waals surface area contributed by atoms with Gasteiger partial charge in [0.1, 0.15) is 12.1 Å². The lowest BCUT2D eigenvalue weighted by Crippen LogP contribution is -1.93. The van der Waals surface area contributed by atoms with Crippen molar-refractivity contribution < 1.29 is 9.84 Å². The molecule has 10 heavy (non-hydrogen) atoms. The number of nitrogens with zero attached hydrogens (tertiary/aromatic N) is 2. The summed E-state index contributed by atoms with van der Waals surface area (Å²) < 4.78 is 4.48. The molecule has 0 radical (unpaired) electrons.